The van der Waals surface area contributed by atoms with Gasteiger partial charge in [-0.2, -0.15) is 5.26 Å². The molecule has 1 aliphatic rings. The minimum absolute atomic E-state index is 0.0256. The molecule has 0 aromatic heterocycles. The van der Waals surface area contributed by atoms with E-state index in [1.165, 1.54) is 6.20 Å². The van der Waals surface area contributed by atoms with Crippen LogP contribution >= 0.6 is 0 Å². The van der Waals surface area contributed by atoms with Crippen molar-refractivity contribution in [3.05, 3.63) is 36.0 Å². The first-order chi connectivity index (χ1) is 11.4. The molecule has 24 heavy (non-hydrogen) atoms. The normalized spacial score (nSPS) is 21.1. The van der Waals surface area contributed by atoms with Crippen molar-refractivity contribution >= 4 is 17.3 Å². The number of nitrogens with zero attached hydrogens (tertiary/aromatic N) is 3. The molecule has 1 N–H and O–H groups in total. The van der Waals surface area contributed by atoms with Gasteiger partial charge in [0.05, 0.1) is 12.2 Å². The first-order valence-corrected chi connectivity index (χ1v) is 7.99. The molecule has 2 atom stereocenters. The summed E-state index contributed by atoms with van der Waals surface area (Å²) in [5.41, 5.74) is 1.95. The van der Waals surface area contributed by atoms with E-state index in [1.54, 1.807) is 4.90 Å². The van der Waals surface area contributed by atoms with Gasteiger partial charge in [0.15, 0.2) is 0 Å². The summed E-state index contributed by atoms with van der Waals surface area (Å²) in [6.07, 6.45) is 1.42. The van der Waals surface area contributed by atoms with E-state index < -0.39 is 0 Å². The van der Waals surface area contributed by atoms with E-state index in [9.17, 15) is 10.1 Å². The van der Waals surface area contributed by atoms with Crippen LogP contribution in [0.4, 0.5) is 11.4 Å². The smallest absolute Gasteiger partial charge is 0.266 e. The van der Waals surface area contributed by atoms with Crippen LogP contribution in [0.5, 0.6) is 0 Å². The number of amides is 1. The minimum atomic E-state index is -0.268. The zero-order valence-corrected chi connectivity index (χ0v) is 14.6. The van der Waals surface area contributed by atoms with E-state index in [2.05, 4.69) is 5.32 Å². The van der Waals surface area contributed by atoms with E-state index in [1.807, 2.05) is 63.2 Å². The summed E-state index contributed by atoms with van der Waals surface area (Å²) in [5.74, 6) is -0.268. The molecule has 1 aromatic carbocycles. The Bertz CT molecular complexity index is 653. The Hall–Kier alpha value is -2.52. The fourth-order valence-corrected chi connectivity index (χ4v) is 2.69. The predicted molar refractivity (Wildman–Crippen MR) is 94.7 cm³/mol. The molecule has 1 amide bonds. The highest BCUT2D eigenvalue weighted by atomic mass is 16.5. The van der Waals surface area contributed by atoms with Crippen molar-refractivity contribution in [1.29, 1.82) is 5.26 Å². The summed E-state index contributed by atoms with van der Waals surface area (Å²) in [6, 6.07) is 9.75. The Morgan fingerprint density at radius 1 is 1.38 bits per heavy atom. The number of anilines is 2. The number of rotatable bonds is 4. The SMILES string of the molecule is CC1CN(C(=O)/C(C#N)=C\Nc2cccc(N(C)C)c2)CC(C)O1. The van der Waals surface area contributed by atoms with E-state index >= 15 is 0 Å². The Morgan fingerprint density at radius 2 is 2.04 bits per heavy atom. The van der Waals surface area contributed by atoms with Gasteiger partial charge in [0.1, 0.15) is 11.6 Å². The van der Waals surface area contributed by atoms with Crippen LogP contribution in [0.15, 0.2) is 36.0 Å². The molecule has 6 nitrogen and oxygen atoms in total. The molecule has 2 rings (SSSR count). The van der Waals surface area contributed by atoms with Crippen molar-refractivity contribution in [2.75, 3.05) is 37.4 Å². The van der Waals surface area contributed by atoms with Gasteiger partial charge in [-0.05, 0) is 32.0 Å². The van der Waals surface area contributed by atoms with Gasteiger partial charge in [-0.3, -0.25) is 4.79 Å². The second-order valence-corrected chi connectivity index (χ2v) is 6.23. The lowest BCUT2D eigenvalue weighted by Crippen LogP contribution is -2.48. The van der Waals surface area contributed by atoms with Crippen LogP contribution in [0.25, 0.3) is 0 Å². The van der Waals surface area contributed by atoms with Gasteiger partial charge in [-0.15, -0.1) is 0 Å². The first-order valence-electron chi connectivity index (χ1n) is 7.99. The fourth-order valence-electron chi connectivity index (χ4n) is 2.69. The molecule has 1 saturated heterocycles. The van der Waals surface area contributed by atoms with Crippen LogP contribution < -0.4 is 10.2 Å². The molecule has 1 aromatic rings. The van der Waals surface area contributed by atoms with Gasteiger partial charge in [-0.25, -0.2) is 0 Å². The third-order valence-corrected chi connectivity index (χ3v) is 3.80. The summed E-state index contributed by atoms with van der Waals surface area (Å²) in [7, 11) is 3.92. The molecule has 6 heteroatoms. The van der Waals surface area contributed by atoms with Crippen molar-refractivity contribution in [1.82, 2.24) is 4.90 Å². The first kappa shape index (κ1) is 17.8. The second kappa shape index (κ2) is 7.84. The van der Waals surface area contributed by atoms with Crippen molar-refractivity contribution in [2.24, 2.45) is 0 Å². The Labute approximate surface area is 143 Å². The van der Waals surface area contributed by atoms with Gasteiger partial charge in [0.25, 0.3) is 5.91 Å². The van der Waals surface area contributed by atoms with Crippen LogP contribution in [0, 0.1) is 11.3 Å². The second-order valence-electron chi connectivity index (χ2n) is 6.23. The van der Waals surface area contributed by atoms with Crippen molar-refractivity contribution in [3.8, 4) is 6.07 Å². The third-order valence-electron chi connectivity index (χ3n) is 3.80. The lowest BCUT2D eigenvalue weighted by atomic mass is 10.2. The average Bonchev–Trinajstić information content (AvgIpc) is 2.54. The summed E-state index contributed by atoms with van der Waals surface area (Å²) in [6.45, 7) is 4.85. The Morgan fingerprint density at radius 3 is 2.62 bits per heavy atom. The zero-order valence-electron chi connectivity index (χ0n) is 14.6. The summed E-state index contributed by atoms with van der Waals surface area (Å²) in [5, 5.41) is 12.4. The average molecular weight is 328 g/mol. The Kier molecular flexibility index (Phi) is 5.83. The van der Waals surface area contributed by atoms with Crippen LogP contribution in [-0.4, -0.2) is 50.2 Å². The molecule has 128 valence electrons. The van der Waals surface area contributed by atoms with E-state index in [4.69, 9.17) is 4.74 Å². The minimum Gasteiger partial charge on any atom is -0.378 e. The maximum atomic E-state index is 12.5. The number of benzene rings is 1. The molecule has 0 aliphatic carbocycles. The monoisotopic (exact) mass is 328 g/mol. The van der Waals surface area contributed by atoms with Gasteiger partial charge in [0, 0.05) is 44.8 Å². The standard InChI is InChI=1S/C18H24N4O2/c1-13-11-22(12-14(2)24-13)18(23)15(9-19)10-20-16-6-5-7-17(8-16)21(3)4/h5-8,10,13-14,20H,11-12H2,1-4H3/b15-10-. The van der Waals surface area contributed by atoms with Crippen molar-refractivity contribution in [2.45, 2.75) is 26.1 Å². The summed E-state index contributed by atoms with van der Waals surface area (Å²) in [4.78, 5) is 16.2. The maximum Gasteiger partial charge on any atom is 0.266 e. The number of morpholine rings is 1. The fraction of sp³-hybridized carbons (Fsp3) is 0.444. The van der Waals surface area contributed by atoms with Crippen LogP contribution in [-0.2, 0) is 9.53 Å². The number of nitriles is 1. The number of hydrogen-bond acceptors (Lipinski definition) is 5. The van der Waals surface area contributed by atoms with E-state index in [0.717, 1.165) is 11.4 Å². The summed E-state index contributed by atoms with van der Waals surface area (Å²) < 4.78 is 5.63. The molecule has 0 spiro atoms. The maximum absolute atomic E-state index is 12.5. The number of ether oxygens (including phenoxy) is 1. The number of carbonyl (C=O) groups excluding carboxylic acids is 1. The molecular formula is C18H24N4O2. The molecule has 0 bridgehead atoms. The lowest BCUT2D eigenvalue weighted by molar-refractivity contribution is -0.138. The molecule has 2 unspecified atom stereocenters. The highest BCUT2D eigenvalue weighted by Gasteiger charge is 2.27. The zero-order chi connectivity index (χ0) is 17.7. The number of nitrogens with one attached hydrogen (secondary N) is 1. The predicted octanol–water partition coefficient (Wildman–Crippen LogP) is 2.21. The molecule has 0 radical (unpaired) electrons. The molecule has 1 heterocycles. The van der Waals surface area contributed by atoms with Crippen molar-refractivity contribution < 1.29 is 9.53 Å². The van der Waals surface area contributed by atoms with E-state index in [-0.39, 0.29) is 23.7 Å². The highest BCUT2D eigenvalue weighted by molar-refractivity contribution is 5.97. The molecule has 1 aliphatic heterocycles. The molecule has 0 saturated carbocycles. The van der Waals surface area contributed by atoms with Crippen LogP contribution in [0.3, 0.4) is 0 Å². The van der Waals surface area contributed by atoms with Gasteiger partial charge < -0.3 is 19.9 Å². The van der Waals surface area contributed by atoms with Crippen LogP contribution in [0.1, 0.15) is 13.8 Å². The summed E-state index contributed by atoms with van der Waals surface area (Å²) >= 11 is 0. The number of hydrogen-bond donors (Lipinski definition) is 1. The largest absolute Gasteiger partial charge is 0.378 e. The van der Waals surface area contributed by atoms with Gasteiger partial charge in [0.2, 0.25) is 0 Å². The third kappa shape index (κ3) is 4.49. The molecule has 1 fully saturated rings. The topological polar surface area (TPSA) is 68.6 Å². The molecular weight excluding hydrogens is 304 g/mol. The van der Waals surface area contributed by atoms with Crippen LogP contribution in [0.2, 0.25) is 0 Å². The van der Waals surface area contributed by atoms with E-state index in [0.29, 0.717) is 13.1 Å². The Balaban J connectivity index is 2.10. The quantitative estimate of drug-likeness (QED) is 0.678. The number of carbonyl (C=O) groups is 1. The highest BCUT2D eigenvalue weighted by Crippen LogP contribution is 2.18. The van der Waals surface area contributed by atoms with Gasteiger partial charge in [-0.1, -0.05) is 6.07 Å². The van der Waals surface area contributed by atoms with Crippen molar-refractivity contribution in [3.63, 3.8) is 0 Å². The van der Waals surface area contributed by atoms with Gasteiger partial charge >= 0.3 is 0 Å². The lowest BCUT2D eigenvalue weighted by Gasteiger charge is -2.35.